The molecule has 0 aliphatic carbocycles. The first-order valence-corrected chi connectivity index (χ1v) is 5.07. The highest BCUT2D eigenvalue weighted by molar-refractivity contribution is 7.99. The number of rotatable bonds is 2. The van der Waals surface area contributed by atoms with E-state index in [-0.39, 0.29) is 0 Å². The molecular formula is C8H16S. The molecule has 0 aromatic rings. The van der Waals surface area contributed by atoms with Crippen LogP contribution in [0, 0.1) is 11.8 Å². The summed E-state index contributed by atoms with van der Waals surface area (Å²) >= 11 is 2.13. The maximum atomic E-state index is 2.39. The zero-order chi connectivity index (χ0) is 6.69. The molecule has 1 heterocycles. The summed E-state index contributed by atoms with van der Waals surface area (Å²) in [6, 6.07) is 0. The first-order chi connectivity index (χ1) is 4.34. The molecule has 1 fully saturated rings. The number of hydrogen-bond donors (Lipinski definition) is 0. The largest absolute Gasteiger partial charge is 0.162 e. The molecule has 1 saturated heterocycles. The lowest BCUT2D eigenvalue weighted by Crippen LogP contribution is -2.08. The molecule has 0 nitrogen and oxygen atoms in total. The van der Waals surface area contributed by atoms with Gasteiger partial charge in [0.05, 0.1) is 0 Å². The Hall–Kier alpha value is 0.350. The van der Waals surface area contributed by atoms with Crippen LogP contribution in [0.1, 0.15) is 26.7 Å². The van der Waals surface area contributed by atoms with Gasteiger partial charge >= 0.3 is 0 Å². The summed E-state index contributed by atoms with van der Waals surface area (Å²) in [5, 5.41) is 0. The van der Waals surface area contributed by atoms with Crippen LogP contribution in [0.3, 0.4) is 0 Å². The second kappa shape index (κ2) is 3.50. The molecule has 1 rings (SSSR count). The van der Waals surface area contributed by atoms with Crippen LogP contribution in [0.4, 0.5) is 0 Å². The van der Waals surface area contributed by atoms with Crippen molar-refractivity contribution in [1.29, 1.82) is 0 Å². The standard InChI is InChI=1S/C8H16S/c1-3-7(2)8-4-5-9-6-8/h7-8H,3-6H2,1-2H3. The van der Waals surface area contributed by atoms with E-state index in [9.17, 15) is 0 Å². The first kappa shape index (κ1) is 7.46. The van der Waals surface area contributed by atoms with Gasteiger partial charge in [-0.15, -0.1) is 0 Å². The van der Waals surface area contributed by atoms with Gasteiger partial charge in [0.1, 0.15) is 0 Å². The van der Waals surface area contributed by atoms with E-state index in [0.717, 1.165) is 11.8 Å². The van der Waals surface area contributed by atoms with E-state index in [1.54, 1.807) is 0 Å². The fourth-order valence-corrected chi connectivity index (χ4v) is 2.77. The van der Waals surface area contributed by atoms with E-state index in [2.05, 4.69) is 25.6 Å². The molecule has 0 radical (unpaired) electrons. The lowest BCUT2D eigenvalue weighted by Gasteiger charge is -2.14. The van der Waals surface area contributed by atoms with Crippen molar-refractivity contribution in [1.82, 2.24) is 0 Å². The lowest BCUT2D eigenvalue weighted by atomic mass is 9.92. The fourth-order valence-electron chi connectivity index (χ4n) is 1.33. The van der Waals surface area contributed by atoms with Gasteiger partial charge in [0.2, 0.25) is 0 Å². The molecule has 0 aromatic carbocycles. The zero-order valence-corrected chi connectivity index (χ0v) is 7.21. The molecule has 0 aromatic heterocycles. The van der Waals surface area contributed by atoms with E-state index < -0.39 is 0 Å². The normalized spacial score (nSPS) is 30.7. The van der Waals surface area contributed by atoms with E-state index in [1.807, 2.05) is 0 Å². The second-order valence-electron chi connectivity index (χ2n) is 3.01. The molecule has 1 aliphatic rings. The monoisotopic (exact) mass is 144 g/mol. The molecule has 54 valence electrons. The van der Waals surface area contributed by atoms with Gasteiger partial charge in [0, 0.05) is 0 Å². The average Bonchev–Trinajstić information content (AvgIpc) is 2.37. The molecule has 0 N–H and O–H groups in total. The quantitative estimate of drug-likeness (QED) is 0.574. The lowest BCUT2D eigenvalue weighted by molar-refractivity contribution is 0.386. The molecule has 1 aliphatic heterocycles. The molecule has 0 spiro atoms. The smallest absolute Gasteiger partial charge is 0.00363 e. The van der Waals surface area contributed by atoms with Crippen molar-refractivity contribution in [2.75, 3.05) is 11.5 Å². The van der Waals surface area contributed by atoms with Crippen LogP contribution in [0.15, 0.2) is 0 Å². The Bertz CT molecular complexity index is 74.6. The van der Waals surface area contributed by atoms with Gasteiger partial charge in [-0.3, -0.25) is 0 Å². The summed E-state index contributed by atoms with van der Waals surface area (Å²) < 4.78 is 0. The van der Waals surface area contributed by atoms with Gasteiger partial charge in [-0.25, -0.2) is 0 Å². The van der Waals surface area contributed by atoms with Gasteiger partial charge in [-0.1, -0.05) is 20.3 Å². The molecule has 1 heteroatoms. The molecule has 2 atom stereocenters. The highest BCUT2D eigenvalue weighted by Gasteiger charge is 2.19. The topological polar surface area (TPSA) is 0 Å². The number of thioether (sulfide) groups is 1. The molecular weight excluding hydrogens is 128 g/mol. The van der Waals surface area contributed by atoms with Gasteiger partial charge in [0.15, 0.2) is 0 Å². The maximum absolute atomic E-state index is 2.39. The summed E-state index contributed by atoms with van der Waals surface area (Å²) in [5.41, 5.74) is 0. The summed E-state index contributed by atoms with van der Waals surface area (Å²) in [7, 11) is 0. The third-order valence-electron chi connectivity index (χ3n) is 2.41. The van der Waals surface area contributed by atoms with Crippen molar-refractivity contribution in [3.63, 3.8) is 0 Å². The van der Waals surface area contributed by atoms with Crippen LogP contribution in [0.25, 0.3) is 0 Å². The number of hydrogen-bond acceptors (Lipinski definition) is 1. The maximum Gasteiger partial charge on any atom is -0.00363 e. The third kappa shape index (κ3) is 1.89. The zero-order valence-electron chi connectivity index (χ0n) is 6.39. The minimum absolute atomic E-state index is 0.972. The molecule has 0 bridgehead atoms. The predicted molar refractivity (Wildman–Crippen MR) is 44.9 cm³/mol. The van der Waals surface area contributed by atoms with Crippen LogP contribution >= 0.6 is 11.8 Å². The highest BCUT2D eigenvalue weighted by Crippen LogP contribution is 2.30. The molecule has 0 amide bonds. The summed E-state index contributed by atoms with van der Waals surface area (Å²) in [6.07, 6.45) is 2.84. The van der Waals surface area contributed by atoms with Gasteiger partial charge < -0.3 is 0 Å². The highest BCUT2D eigenvalue weighted by atomic mass is 32.2. The Balaban J connectivity index is 2.24. The SMILES string of the molecule is CCC(C)C1CCSC1. The second-order valence-corrected chi connectivity index (χ2v) is 4.16. The van der Waals surface area contributed by atoms with Crippen molar-refractivity contribution in [3.05, 3.63) is 0 Å². The predicted octanol–water partition coefficient (Wildman–Crippen LogP) is 2.79. The Kier molecular flexibility index (Phi) is 2.90. The van der Waals surface area contributed by atoms with Gasteiger partial charge in [-0.2, -0.15) is 11.8 Å². The van der Waals surface area contributed by atoms with Crippen LogP contribution < -0.4 is 0 Å². The summed E-state index contributed by atoms with van der Waals surface area (Å²) in [6.45, 7) is 4.68. The van der Waals surface area contributed by atoms with E-state index in [0.29, 0.717) is 0 Å². The Labute approximate surface area is 62.4 Å². The van der Waals surface area contributed by atoms with Crippen molar-refractivity contribution in [2.24, 2.45) is 11.8 Å². The van der Waals surface area contributed by atoms with Gasteiger partial charge in [-0.05, 0) is 29.8 Å². The Morgan fingerprint density at radius 3 is 2.89 bits per heavy atom. The molecule has 0 saturated carbocycles. The first-order valence-electron chi connectivity index (χ1n) is 3.92. The Morgan fingerprint density at radius 1 is 1.67 bits per heavy atom. The Morgan fingerprint density at radius 2 is 2.44 bits per heavy atom. The molecule has 9 heavy (non-hydrogen) atoms. The molecule has 2 unspecified atom stereocenters. The van der Waals surface area contributed by atoms with E-state index in [1.165, 1.54) is 24.3 Å². The van der Waals surface area contributed by atoms with Crippen molar-refractivity contribution < 1.29 is 0 Å². The minimum Gasteiger partial charge on any atom is -0.162 e. The minimum atomic E-state index is 0.972. The summed E-state index contributed by atoms with van der Waals surface area (Å²) in [4.78, 5) is 0. The van der Waals surface area contributed by atoms with Crippen molar-refractivity contribution in [2.45, 2.75) is 26.7 Å². The van der Waals surface area contributed by atoms with Crippen LogP contribution in [0.2, 0.25) is 0 Å². The van der Waals surface area contributed by atoms with E-state index >= 15 is 0 Å². The van der Waals surface area contributed by atoms with Crippen molar-refractivity contribution >= 4 is 11.8 Å². The van der Waals surface area contributed by atoms with E-state index in [4.69, 9.17) is 0 Å². The summed E-state index contributed by atoms with van der Waals surface area (Å²) in [5.74, 6) is 4.85. The van der Waals surface area contributed by atoms with Crippen LogP contribution in [0.5, 0.6) is 0 Å². The average molecular weight is 144 g/mol. The van der Waals surface area contributed by atoms with Crippen molar-refractivity contribution in [3.8, 4) is 0 Å². The van der Waals surface area contributed by atoms with Crippen LogP contribution in [-0.2, 0) is 0 Å². The van der Waals surface area contributed by atoms with Crippen LogP contribution in [-0.4, -0.2) is 11.5 Å². The third-order valence-corrected chi connectivity index (χ3v) is 3.60. The van der Waals surface area contributed by atoms with Gasteiger partial charge in [0.25, 0.3) is 0 Å². The fraction of sp³-hybridized carbons (Fsp3) is 1.00.